The normalized spacial score (nSPS) is 12.3. The van der Waals surface area contributed by atoms with Gasteiger partial charge in [-0.15, -0.1) is 0 Å². The van der Waals surface area contributed by atoms with Crippen LogP contribution in [0.2, 0.25) is 0 Å². The third kappa shape index (κ3) is 5.71. The molecule has 0 aromatic heterocycles. The van der Waals surface area contributed by atoms with Gasteiger partial charge in [-0.05, 0) is 50.1 Å². The fourth-order valence-electron chi connectivity index (χ4n) is 2.59. The molecule has 152 valence electrons. The van der Waals surface area contributed by atoms with E-state index in [0.29, 0.717) is 24.5 Å². The average molecular weight is 407 g/mol. The van der Waals surface area contributed by atoms with E-state index in [1.165, 1.54) is 19.1 Å². The van der Waals surface area contributed by atoms with Crippen LogP contribution in [0.5, 0.6) is 11.5 Å². The van der Waals surface area contributed by atoms with Crippen LogP contribution in [0.1, 0.15) is 18.1 Å². The first-order valence-electron chi connectivity index (χ1n) is 8.84. The molecule has 0 aliphatic heterocycles. The van der Waals surface area contributed by atoms with Crippen molar-refractivity contribution in [3.63, 3.8) is 0 Å². The maximum absolute atomic E-state index is 12.4. The van der Waals surface area contributed by atoms with Crippen molar-refractivity contribution in [3.8, 4) is 11.5 Å². The van der Waals surface area contributed by atoms with Crippen molar-refractivity contribution in [2.24, 2.45) is 0 Å². The molecule has 0 saturated carbocycles. The lowest BCUT2D eigenvalue weighted by Crippen LogP contribution is -2.45. The zero-order chi connectivity index (χ0) is 20.7. The third-order valence-corrected chi connectivity index (χ3v) is 5.77. The van der Waals surface area contributed by atoms with Crippen molar-refractivity contribution in [1.29, 1.82) is 0 Å². The summed E-state index contributed by atoms with van der Waals surface area (Å²) in [5.74, 6) is 0.858. The van der Waals surface area contributed by atoms with Gasteiger partial charge in [0.05, 0.1) is 25.2 Å². The first-order chi connectivity index (χ1) is 13.3. The maximum atomic E-state index is 12.4. The van der Waals surface area contributed by atoms with Gasteiger partial charge in [-0.1, -0.05) is 23.8 Å². The van der Waals surface area contributed by atoms with E-state index in [2.05, 4.69) is 10.0 Å². The van der Waals surface area contributed by atoms with Gasteiger partial charge in [0.15, 0.2) is 11.5 Å². The summed E-state index contributed by atoms with van der Waals surface area (Å²) >= 11 is 0. The number of hydrogen-bond acceptors (Lipinski definition) is 5. The number of carbonyl (C=O) groups is 1. The number of amides is 1. The minimum Gasteiger partial charge on any atom is -0.493 e. The molecule has 0 spiro atoms. The van der Waals surface area contributed by atoms with E-state index in [4.69, 9.17) is 9.47 Å². The Bertz CT molecular complexity index is 911. The highest BCUT2D eigenvalue weighted by atomic mass is 32.2. The number of carbonyl (C=O) groups excluding carboxylic acids is 1. The standard InChI is InChI=1S/C20H26N2O5S/c1-14-5-8-17(9-6-14)28(24,25)22-15(2)20(23)21-12-11-16-7-10-18(26-3)19(13-16)27-4/h5-10,13,15,22H,11-12H2,1-4H3,(H,21,23)/t15-/m1/s1. The van der Waals surface area contributed by atoms with E-state index >= 15 is 0 Å². The van der Waals surface area contributed by atoms with Crippen molar-refractivity contribution in [2.45, 2.75) is 31.2 Å². The Balaban J connectivity index is 1.89. The highest BCUT2D eigenvalue weighted by Gasteiger charge is 2.21. The predicted octanol–water partition coefficient (Wildman–Crippen LogP) is 2.04. The summed E-state index contributed by atoms with van der Waals surface area (Å²) in [5, 5.41) is 2.74. The fourth-order valence-corrected chi connectivity index (χ4v) is 3.79. The van der Waals surface area contributed by atoms with Crippen LogP contribution < -0.4 is 19.5 Å². The highest BCUT2D eigenvalue weighted by molar-refractivity contribution is 7.89. The Hall–Kier alpha value is -2.58. The molecule has 2 aromatic carbocycles. The van der Waals surface area contributed by atoms with E-state index in [9.17, 15) is 13.2 Å². The van der Waals surface area contributed by atoms with Gasteiger partial charge in [0.1, 0.15) is 0 Å². The number of aryl methyl sites for hydroxylation is 1. The molecule has 2 N–H and O–H groups in total. The quantitative estimate of drug-likeness (QED) is 0.665. The van der Waals surface area contributed by atoms with Crippen molar-refractivity contribution in [3.05, 3.63) is 53.6 Å². The number of sulfonamides is 1. The van der Waals surface area contributed by atoms with Gasteiger partial charge in [0.25, 0.3) is 0 Å². The second-order valence-corrected chi connectivity index (χ2v) is 8.10. The Labute approximate surface area is 166 Å². The van der Waals surface area contributed by atoms with Crippen LogP contribution in [-0.4, -0.2) is 41.1 Å². The van der Waals surface area contributed by atoms with Crippen molar-refractivity contribution in [2.75, 3.05) is 20.8 Å². The van der Waals surface area contributed by atoms with Gasteiger partial charge < -0.3 is 14.8 Å². The molecule has 0 saturated heterocycles. The lowest BCUT2D eigenvalue weighted by atomic mass is 10.1. The molecule has 1 amide bonds. The topological polar surface area (TPSA) is 93.7 Å². The summed E-state index contributed by atoms with van der Waals surface area (Å²) in [6, 6.07) is 11.1. The zero-order valence-electron chi connectivity index (χ0n) is 16.5. The molecular formula is C20H26N2O5S. The zero-order valence-corrected chi connectivity index (χ0v) is 17.3. The molecule has 0 unspecified atom stereocenters. The molecule has 2 rings (SSSR count). The molecule has 0 heterocycles. The summed E-state index contributed by atoms with van der Waals surface area (Å²) in [4.78, 5) is 12.4. The largest absolute Gasteiger partial charge is 0.493 e. The number of hydrogen-bond donors (Lipinski definition) is 2. The van der Waals surface area contributed by atoms with Gasteiger partial charge in [-0.3, -0.25) is 4.79 Å². The van der Waals surface area contributed by atoms with Crippen molar-refractivity contribution < 1.29 is 22.7 Å². The highest BCUT2D eigenvalue weighted by Crippen LogP contribution is 2.27. The lowest BCUT2D eigenvalue weighted by Gasteiger charge is -2.15. The van der Waals surface area contributed by atoms with Crippen LogP contribution in [0, 0.1) is 6.92 Å². The summed E-state index contributed by atoms with van der Waals surface area (Å²) < 4.78 is 37.6. The van der Waals surface area contributed by atoms with Crippen molar-refractivity contribution >= 4 is 15.9 Å². The van der Waals surface area contributed by atoms with Gasteiger partial charge >= 0.3 is 0 Å². The molecule has 7 nitrogen and oxygen atoms in total. The maximum Gasteiger partial charge on any atom is 0.241 e. The predicted molar refractivity (Wildman–Crippen MR) is 107 cm³/mol. The fraction of sp³-hybridized carbons (Fsp3) is 0.350. The first-order valence-corrected chi connectivity index (χ1v) is 10.3. The van der Waals surface area contributed by atoms with Crippen molar-refractivity contribution in [1.82, 2.24) is 10.0 Å². The van der Waals surface area contributed by atoms with Gasteiger partial charge in [0, 0.05) is 6.54 Å². The SMILES string of the molecule is COc1ccc(CCNC(=O)[C@@H](C)NS(=O)(=O)c2ccc(C)cc2)cc1OC. The minimum atomic E-state index is -3.76. The molecule has 2 aromatic rings. The minimum absolute atomic E-state index is 0.128. The van der Waals surface area contributed by atoms with E-state index in [1.54, 1.807) is 32.4 Å². The average Bonchev–Trinajstić information content (AvgIpc) is 2.67. The van der Waals surface area contributed by atoms with Gasteiger partial charge in [-0.25, -0.2) is 8.42 Å². The molecule has 8 heteroatoms. The second kappa shape index (κ2) is 9.57. The van der Waals surface area contributed by atoms with E-state index in [0.717, 1.165) is 11.1 Å². The third-order valence-electron chi connectivity index (χ3n) is 4.22. The van der Waals surface area contributed by atoms with Crippen LogP contribution in [-0.2, 0) is 21.2 Å². The molecule has 0 bridgehead atoms. The second-order valence-electron chi connectivity index (χ2n) is 6.39. The van der Waals surface area contributed by atoms with Crippen LogP contribution >= 0.6 is 0 Å². The van der Waals surface area contributed by atoms with Gasteiger partial charge in [0.2, 0.25) is 15.9 Å². The molecule has 0 aliphatic rings. The lowest BCUT2D eigenvalue weighted by molar-refractivity contribution is -0.122. The Morgan fingerprint density at radius 3 is 2.29 bits per heavy atom. The number of nitrogens with one attached hydrogen (secondary N) is 2. The Kier molecular flexibility index (Phi) is 7.42. The molecule has 0 aliphatic carbocycles. The van der Waals surface area contributed by atoms with Crippen LogP contribution in [0.25, 0.3) is 0 Å². The summed E-state index contributed by atoms with van der Waals surface area (Å²) in [7, 11) is -0.629. The van der Waals surface area contributed by atoms with Gasteiger partial charge in [-0.2, -0.15) is 4.72 Å². The van der Waals surface area contributed by atoms with Crippen LogP contribution in [0.15, 0.2) is 47.4 Å². The molecule has 28 heavy (non-hydrogen) atoms. The molecule has 0 fully saturated rings. The Morgan fingerprint density at radius 2 is 1.68 bits per heavy atom. The Morgan fingerprint density at radius 1 is 1.04 bits per heavy atom. The molecule has 0 radical (unpaired) electrons. The molecular weight excluding hydrogens is 380 g/mol. The molecule has 1 atom stereocenters. The first kappa shape index (κ1) is 21.7. The van der Waals surface area contributed by atoms with Crippen LogP contribution in [0.4, 0.5) is 0 Å². The summed E-state index contributed by atoms with van der Waals surface area (Å²) in [5.41, 5.74) is 1.92. The number of benzene rings is 2. The summed E-state index contributed by atoms with van der Waals surface area (Å²) in [6.07, 6.45) is 0.573. The number of rotatable bonds is 9. The number of ether oxygens (including phenoxy) is 2. The summed E-state index contributed by atoms with van der Waals surface area (Å²) in [6.45, 7) is 3.75. The van der Waals surface area contributed by atoms with E-state index in [1.807, 2.05) is 19.1 Å². The van der Waals surface area contributed by atoms with E-state index < -0.39 is 22.0 Å². The van der Waals surface area contributed by atoms with E-state index in [-0.39, 0.29) is 4.90 Å². The number of methoxy groups -OCH3 is 2. The van der Waals surface area contributed by atoms with Crippen LogP contribution in [0.3, 0.4) is 0 Å². The smallest absolute Gasteiger partial charge is 0.241 e. The monoisotopic (exact) mass is 406 g/mol.